The van der Waals surface area contributed by atoms with Crippen molar-refractivity contribution in [3.05, 3.63) is 70.7 Å². The van der Waals surface area contributed by atoms with E-state index in [-0.39, 0.29) is 18.2 Å². The summed E-state index contributed by atoms with van der Waals surface area (Å²) in [5.41, 5.74) is 1.76. The van der Waals surface area contributed by atoms with Gasteiger partial charge in [-0.05, 0) is 30.0 Å². The van der Waals surface area contributed by atoms with Crippen molar-refractivity contribution < 1.29 is 9.59 Å². The molecule has 0 bridgehead atoms. The maximum Gasteiger partial charge on any atom is 0.242 e. The molecule has 0 saturated heterocycles. The summed E-state index contributed by atoms with van der Waals surface area (Å²) < 4.78 is 0. The molecule has 0 aromatic heterocycles. The molecule has 0 radical (unpaired) electrons. The highest BCUT2D eigenvalue weighted by Crippen LogP contribution is 2.20. The first kappa shape index (κ1) is 21.0. The molecule has 27 heavy (non-hydrogen) atoms. The largest absolute Gasteiger partial charge is 0.354 e. The zero-order chi connectivity index (χ0) is 19.6. The maximum atomic E-state index is 13.1. The molecular formula is C22H27ClN2O2. The van der Waals surface area contributed by atoms with Crippen LogP contribution in [0.25, 0.3) is 0 Å². The van der Waals surface area contributed by atoms with Crippen molar-refractivity contribution in [1.29, 1.82) is 0 Å². The lowest BCUT2D eigenvalue weighted by Crippen LogP contribution is -2.49. The van der Waals surface area contributed by atoms with Crippen LogP contribution in [0.3, 0.4) is 0 Å². The van der Waals surface area contributed by atoms with Gasteiger partial charge in [0.2, 0.25) is 11.8 Å². The molecule has 2 aromatic carbocycles. The molecule has 0 fully saturated rings. The fourth-order valence-corrected chi connectivity index (χ4v) is 3.16. The van der Waals surface area contributed by atoms with E-state index in [1.165, 1.54) is 0 Å². The molecule has 0 aliphatic rings. The van der Waals surface area contributed by atoms with E-state index < -0.39 is 6.04 Å². The minimum atomic E-state index is -0.524. The Hall–Kier alpha value is -2.33. The molecule has 0 aliphatic carbocycles. The lowest BCUT2D eigenvalue weighted by atomic mass is 10.1. The summed E-state index contributed by atoms with van der Waals surface area (Å²) in [5.74, 6) is -0.201. The fraction of sp³-hybridized carbons (Fsp3) is 0.364. The van der Waals surface area contributed by atoms with Crippen LogP contribution in [0.2, 0.25) is 5.02 Å². The number of hydrogen-bond acceptors (Lipinski definition) is 2. The van der Waals surface area contributed by atoms with Gasteiger partial charge in [0.15, 0.2) is 0 Å². The lowest BCUT2D eigenvalue weighted by Gasteiger charge is -2.31. The summed E-state index contributed by atoms with van der Waals surface area (Å²) in [4.78, 5) is 27.4. The van der Waals surface area contributed by atoms with Gasteiger partial charge in [0.1, 0.15) is 6.04 Å². The first-order valence-electron chi connectivity index (χ1n) is 9.41. The van der Waals surface area contributed by atoms with Crippen LogP contribution in [0.4, 0.5) is 0 Å². The smallest absolute Gasteiger partial charge is 0.242 e. The summed E-state index contributed by atoms with van der Waals surface area (Å²) in [7, 11) is 0. The number of carbonyl (C=O) groups excluding carboxylic acids is 2. The Labute approximate surface area is 166 Å². The van der Waals surface area contributed by atoms with Crippen LogP contribution < -0.4 is 5.32 Å². The van der Waals surface area contributed by atoms with Crippen LogP contribution in [0.15, 0.2) is 54.6 Å². The minimum Gasteiger partial charge on any atom is -0.354 e. The van der Waals surface area contributed by atoms with Crippen molar-refractivity contribution in [2.24, 2.45) is 0 Å². The second kappa shape index (κ2) is 10.7. The van der Waals surface area contributed by atoms with Crippen molar-refractivity contribution in [2.75, 3.05) is 6.54 Å². The Kier molecular flexibility index (Phi) is 8.34. The molecule has 2 rings (SSSR count). The van der Waals surface area contributed by atoms with Crippen LogP contribution in [0.1, 0.15) is 37.8 Å². The number of nitrogens with zero attached hydrogens (tertiary/aromatic N) is 1. The second-order valence-corrected chi connectivity index (χ2v) is 6.90. The molecule has 2 amide bonds. The number of carbonyl (C=O) groups is 2. The number of nitrogens with one attached hydrogen (secondary N) is 1. The second-order valence-electron chi connectivity index (χ2n) is 6.49. The van der Waals surface area contributed by atoms with Crippen LogP contribution in [-0.2, 0) is 22.6 Å². The zero-order valence-corrected chi connectivity index (χ0v) is 16.7. The van der Waals surface area contributed by atoms with Gasteiger partial charge < -0.3 is 10.2 Å². The summed E-state index contributed by atoms with van der Waals surface area (Å²) in [6.07, 6.45) is 1.65. The predicted octanol–water partition coefficient (Wildman–Crippen LogP) is 4.22. The Morgan fingerprint density at radius 1 is 1.04 bits per heavy atom. The summed E-state index contributed by atoms with van der Waals surface area (Å²) in [6.45, 7) is 4.83. The molecular weight excluding hydrogens is 360 g/mol. The Bertz CT molecular complexity index is 749. The molecule has 5 heteroatoms. The van der Waals surface area contributed by atoms with E-state index in [1.54, 1.807) is 11.0 Å². The van der Waals surface area contributed by atoms with Crippen LogP contribution in [-0.4, -0.2) is 29.3 Å². The van der Waals surface area contributed by atoms with Gasteiger partial charge in [-0.2, -0.15) is 0 Å². The molecule has 144 valence electrons. The summed E-state index contributed by atoms with van der Waals surface area (Å²) in [6, 6.07) is 16.5. The van der Waals surface area contributed by atoms with E-state index in [1.807, 2.05) is 62.4 Å². The molecule has 4 nitrogen and oxygen atoms in total. The van der Waals surface area contributed by atoms with Gasteiger partial charge in [0.05, 0.1) is 6.42 Å². The van der Waals surface area contributed by atoms with E-state index in [9.17, 15) is 9.59 Å². The van der Waals surface area contributed by atoms with E-state index in [4.69, 9.17) is 11.6 Å². The fourth-order valence-electron chi connectivity index (χ4n) is 2.97. The third kappa shape index (κ3) is 6.10. The number of benzene rings is 2. The van der Waals surface area contributed by atoms with Gasteiger partial charge >= 0.3 is 0 Å². The minimum absolute atomic E-state index is 0.0837. The molecule has 2 aromatic rings. The highest BCUT2D eigenvalue weighted by Gasteiger charge is 2.28. The van der Waals surface area contributed by atoms with Gasteiger partial charge in [-0.25, -0.2) is 0 Å². The van der Waals surface area contributed by atoms with Crippen molar-refractivity contribution in [2.45, 2.75) is 45.7 Å². The van der Waals surface area contributed by atoms with Crippen molar-refractivity contribution >= 4 is 23.4 Å². The average Bonchev–Trinajstić information content (AvgIpc) is 2.68. The molecule has 1 N–H and O–H groups in total. The van der Waals surface area contributed by atoms with E-state index in [0.717, 1.165) is 17.5 Å². The zero-order valence-electron chi connectivity index (χ0n) is 16.0. The molecule has 0 saturated carbocycles. The maximum absolute atomic E-state index is 13.1. The Balaban J connectivity index is 2.27. The standard InChI is InChI=1S/C22H27ClN2O2/c1-3-14-24-22(27)20(4-2)25(16-18-12-8-9-13-19(18)23)21(26)15-17-10-6-5-7-11-17/h5-13,20H,3-4,14-16H2,1-2H3,(H,24,27)/t20-/m1/s1. The van der Waals surface area contributed by atoms with Crippen LogP contribution >= 0.6 is 11.6 Å². The monoisotopic (exact) mass is 386 g/mol. The van der Waals surface area contributed by atoms with E-state index in [0.29, 0.717) is 24.5 Å². The number of hydrogen-bond donors (Lipinski definition) is 1. The van der Waals surface area contributed by atoms with Gasteiger partial charge in [0, 0.05) is 18.1 Å². The molecule has 0 spiro atoms. The first-order valence-corrected chi connectivity index (χ1v) is 9.79. The Morgan fingerprint density at radius 3 is 2.33 bits per heavy atom. The Morgan fingerprint density at radius 2 is 1.70 bits per heavy atom. The summed E-state index contributed by atoms with van der Waals surface area (Å²) in [5, 5.41) is 3.51. The third-order valence-corrected chi connectivity index (χ3v) is 4.80. The molecule has 0 heterocycles. The summed E-state index contributed by atoms with van der Waals surface area (Å²) >= 11 is 6.31. The van der Waals surface area contributed by atoms with Crippen molar-refractivity contribution in [1.82, 2.24) is 10.2 Å². The molecule has 0 aliphatic heterocycles. The van der Waals surface area contributed by atoms with Gasteiger partial charge in [-0.1, -0.05) is 74.0 Å². The predicted molar refractivity (Wildman–Crippen MR) is 110 cm³/mol. The quantitative estimate of drug-likeness (QED) is 0.701. The average molecular weight is 387 g/mol. The topological polar surface area (TPSA) is 49.4 Å². The van der Waals surface area contributed by atoms with E-state index >= 15 is 0 Å². The highest BCUT2D eigenvalue weighted by molar-refractivity contribution is 6.31. The molecule has 1 atom stereocenters. The van der Waals surface area contributed by atoms with E-state index in [2.05, 4.69) is 5.32 Å². The van der Waals surface area contributed by atoms with Crippen LogP contribution in [0, 0.1) is 0 Å². The normalized spacial score (nSPS) is 11.7. The van der Waals surface area contributed by atoms with Crippen molar-refractivity contribution in [3.63, 3.8) is 0 Å². The molecule has 0 unspecified atom stereocenters. The third-order valence-electron chi connectivity index (χ3n) is 4.43. The van der Waals surface area contributed by atoms with Gasteiger partial charge in [0.25, 0.3) is 0 Å². The number of amides is 2. The SMILES string of the molecule is CCCNC(=O)[C@@H](CC)N(Cc1ccccc1Cl)C(=O)Cc1ccccc1. The van der Waals surface area contributed by atoms with Crippen molar-refractivity contribution in [3.8, 4) is 0 Å². The van der Waals surface area contributed by atoms with Crippen LogP contribution in [0.5, 0.6) is 0 Å². The number of halogens is 1. The lowest BCUT2D eigenvalue weighted by molar-refractivity contribution is -0.140. The highest BCUT2D eigenvalue weighted by atomic mass is 35.5. The van der Waals surface area contributed by atoms with Gasteiger partial charge in [-0.15, -0.1) is 0 Å². The van der Waals surface area contributed by atoms with Gasteiger partial charge in [-0.3, -0.25) is 9.59 Å². The number of rotatable bonds is 9. The first-order chi connectivity index (χ1) is 13.1.